The molecule has 3 aromatic rings. The summed E-state index contributed by atoms with van der Waals surface area (Å²) >= 11 is 0. The summed E-state index contributed by atoms with van der Waals surface area (Å²) in [7, 11) is 1.55. The van der Waals surface area contributed by atoms with Crippen molar-refractivity contribution in [1.29, 1.82) is 0 Å². The van der Waals surface area contributed by atoms with Crippen molar-refractivity contribution in [3.8, 4) is 11.4 Å². The number of rotatable bonds is 4. The molecule has 1 amide bonds. The molecular formula is C25H22F3N3O3. The third kappa shape index (κ3) is 3.70. The molecule has 9 heteroatoms. The summed E-state index contributed by atoms with van der Waals surface area (Å²) in [5, 5.41) is 0. The fourth-order valence-electron chi connectivity index (χ4n) is 4.79. The Balaban J connectivity index is 1.48. The van der Waals surface area contributed by atoms with Crippen LogP contribution in [-0.4, -0.2) is 39.6 Å². The van der Waals surface area contributed by atoms with E-state index in [9.17, 15) is 18.0 Å². The minimum atomic E-state index is -1.52. The zero-order valence-corrected chi connectivity index (χ0v) is 18.5. The van der Waals surface area contributed by atoms with Crippen LogP contribution < -0.4 is 4.74 Å². The Morgan fingerprint density at radius 2 is 1.91 bits per heavy atom. The van der Waals surface area contributed by atoms with Crippen LogP contribution in [0.4, 0.5) is 13.2 Å². The van der Waals surface area contributed by atoms with Crippen LogP contribution in [0.5, 0.6) is 5.75 Å². The number of amides is 1. The molecule has 0 bridgehead atoms. The first-order chi connectivity index (χ1) is 16.4. The molecule has 0 saturated carbocycles. The molecule has 0 unspecified atom stereocenters. The average Bonchev–Trinajstić information content (AvgIpc) is 3.51. The van der Waals surface area contributed by atoms with E-state index in [-0.39, 0.29) is 29.4 Å². The number of nitrogens with zero attached hydrogens (tertiary/aromatic N) is 3. The molecule has 176 valence electrons. The van der Waals surface area contributed by atoms with Crippen molar-refractivity contribution in [2.45, 2.75) is 38.0 Å². The predicted octanol–water partition coefficient (Wildman–Crippen LogP) is 4.79. The molecular weight excluding hydrogens is 447 g/mol. The number of imidazole rings is 1. The summed E-state index contributed by atoms with van der Waals surface area (Å²) < 4.78 is 54.5. The van der Waals surface area contributed by atoms with E-state index >= 15 is 0 Å². The summed E-state index contributed by atoms with van der Waals surface area (Å²) in [5.41, 5.74) is 1.70. The molecule has 2 fully saturated rings. The Kier molecular flexibility index (Phi) is 5.55. The normalized spacial score (nSPS) is 23.2. The highest BCUT2D eigenvalue weighted by Crippen LogP contribution is 2.43. The van der Waals surface area contributed by atoms with Crippen molar-refractivity contribution < 1.29 is 27.4 Å². The highest BCUT2D eigenvalue weighted by atomic mass is 19.2. The molecule has 0 radical (unpaired) electrons. The van der Waals surface area contributed by atoms with Gasteiger partial charge in [-0.25, -0.2) is 18.2 Å². The lowest BCUT2D eigenvalue weighted by Gasteiger charge is -2.39. The molecule has 3 atom stereocenters. The lowest BCUT2D eigenvalue weighted by molar-refractivity contribution is -0.144. The van der Waals surface area contributed by atoms with Gasteiger partial charge in [-0.15, -0.1) is 0 Å². The number of aromatic nitrogens is 2. The van der Waals surface area contributed by atoms with Crippen molar-refractivity contribution in [3.05, 3.63) is 83.4 Å². The zero-order valence-electron chi connectivity index (χ0n) is 18.5. The Morgan fingerprint density at radius 1 is 1.15 bits per heavy atom. The highest BCUT2D eigenvalue weighted by Gasteiger charge is 2.46. The lowest BCUT2D eigenvalue weighted by Crippen LogP contribution is -2.49. The number of carbonyl (C=O) groups is 1. The van der Waals surface area contributed by atoms with Gasteiger partial charge in [0.25, 0.3) is 5.91 Å². The van der Waals surface area contributed by atoms with Gasteiger partial charge in [-0.05, 0) is 61.2 Å². The predicted molar refractivity (Wildman–Crippen MR) is 118 cm³/mol. The molecule has 0 aliphatic carbocycles. The van der Waals surface area contributed by atoms with E-state index in [0.717, 1.165) is 17.8 Å². The standard InChI is InChI=1S/C25H22F3N3O3/c1-14-19-5-6-20(16-11-17(26)24(28)18(27)12-16)31(19)25(32)23(34-14)10-15-3-4-21(22(9-15)33-2)30-8-7-29-13-30/h3-4,7-14,19-20H,5-6H2,1-2H3/b23-10-/t14-,19-,20+/m1/s1. The van der Waals surface area contributed by atoms with Gasteiger partial charge in [0.05, 0.1) is 31.2 Å². The quantitative estimate of drug-likeness (QED) is 0.407. The first-order valence-electron chi connectivity index (χ1n) is 10.9. The Morgan fingerprint density at radius 3 is 2.59 bits per heavy atom. The second-order valence-corrected chi connectivity index (χ2v) is 8.40. The number of halogens is 3. The number of benzene rings is 2. The summed E-state index contributed by atoms with van der Waals surface area (Å²) in [6.45, 7) is 1.86. The first-order valence-corrected chi connectivity index (χ1v) is 10.9. The number of carbonyl (C=O) groups excluding carboxylic acids is 1. The van der Waals surface area contributed by atoms with Crippen LogP contribution in [0.25, 0.3) is 11.8 Å². The van der Waals surface area contributed by atoms with Crippen molar-refractivity contribution in [3.63, 3.8) is 0 Å². The van der Waals surface area contributed by atoms with Crippen molar-refractivity contribution in [1.82, 2.24) is 14.5 Å². The fraction of sp³-hybridized carbons (Fsp3) is 0.280. The first kappa shape index (κ1) is 22.1. The van der Waals surface area contributed by atoms with Crippen molar-refractivity contribution in [2.24, 2.45) is 0 Å². The molecule has 2 aliphatic rings. The van der Waals surface area contributed by atoms with E-state index in [1.165, 1.54) is 0 Å². The summed E-state index contributed by atoms with van der Waals surface area (Å²) in [4.78, 5) is 19.1. The van der Waals surface area contributed by atoms with Gasteiger partial charge in [-0.1, -0.05) is 6.07 Å². The summed E-state index contributed by atoms with van der Waals surface area (Å²) in [5.74, 6) is -3.74. The minimum Gasteiger partial charge on any atom is -0.495 e. The van der Waals surface area contributed by atoms with Crippen LogP contribution in [0.15, 0.2) is 54.8 Å². The second-order valence-electron chi connectivity index (χ2n) is 8.40. The third-order valence-corrected chi connectivity index (χ3v) is 6.40. The minimum absolute atomic E-state index is 0.121. The number of fused-ring (bicyclic) bond motifs is 1. The van der Waals surface area contributed by atoms with Gasteiger partial charge in [-0.3, -0.25) is 4.79 Å². The van der Waals surface area contributed by atoms with Gasteiger partial charge < -0.3 is 18.9 Å². The summed E-state index contributed by atoms with van der Waals surface area (Å²) in [6, 6.07) is 6.55. The van der Waals surface area contributed by atoms with Crippen LogP contribution in [0.2, 0.25) is 0 Å². The largest absolute Gasteiger partial charge is 0.495 e. The molecule has 5 rings (SSSR count). The monoisotopic (exact) mass is 469 g/mol. The lowest BCUT2D eigenvalue weighted by atomic mass is 10.0. The second kappa shape index (κ2) is 8.55. The highest BCUT2D eigenvalue weighted by molar-refractivity contribution is 5.97. The van der Waals surface area contributed by atoms with Gasteiger partial charge in [-0.2, -0.15) is 0 Å². The maximum Gasteiger partial charge on any atom is 0.289 e. The van der Waals surface area contributed by atoms with E-state index in [1.807, 2.05) is 19.1 Å². The van der Waals surface area contributed by atoms with Crippen molar-refractivity contribution >= 4 is 12.0 Å². The van der Waals surface area contributed by atoms with E-state index in [0.29, 0.717) is 24.2 Å². The topological polar surface area (TPSA) is 56.6 Å². The molecule has 2 aromatic carbocycles. The number of hydrogen-bond donors (Lipinski definition) is 0. The fourth-order valence-corrected chi connectivity index (χ4v) is 4.79. The van der Waals surface area contributed by atoms with Gasteiger partial charge in [0.1, 0.15) is 11.9 Å². The Labute approximate surface area is 194 Å². The van der Waals surface area contributed by atoms with Gasteiger partial charge in [0, 0.05) is 12.4 Å². The van der Waals surface area contributed by atoms with Gasteiger partial charge in [0.2, 0.25) is 0 Å². The number of hydrogen-bond acceptors (Lipinski definition) is 4. The maximum atomic E-state index is 13.9. The molecule has 6 nitrogen and oxygen atoms in total. The smallest absolute Gasteiger partial charge is 0.289 e. The Hall–Kier alpha value is -3.75. The molecule has 1 aromatic heterocycles. The van der Waals surface area contributed by atoms with E-state index in [1.54, 1.807) is 47.4 Å². The van der Waals surface area contributed by atoms with Crippen LogP contribution in [0.1, 0.15) is 36.9 Å². The van der Waals surface area contributed by atoms with Crippen molar-refractivity contribution in [2.75, 3.05) is 7.11 Å². The third-order valence-electron chi connectivity index (χ3n) is 6.40. The SMILES string of the molecule is COc1cc(/C=C2\O[C@H](C)[C@H]3CC[C@@H](c4cc(F)c(F)c(F)c4)N3C2=O)ccc1-n1ccnc1. The molecule has 0 spiro atoms. The van der Waals surface area contributed by atoms with E-state index < -0.39 is 23.5 Å². The van der Waals surface area contributed by atoms with E-state index in [2.05, 4.69) is 4.98 Å². The van der Waals surface area contributed by atoms with Crippen LogP contribution in [-0.2, 0) is 9.53 Å². The number of ether oxygens (including phenoxy) is 2. The average molecular weight is 469 g/mol. The van der Waals surface area contributed by atoms with Crippen LogP contribution in [0.3, 0.4) is 0 Å². The molecule has 3 heterocycles. The Bertz CT molecular complexity index is 1250. The summed E-state index contributed by atoms with van der Waals surface area (Å²) in [6.07, 6.45) is 7.51. The van der Waals surface area contributed by atoms with Crippen LogP contribution in [0, 0.1) is 17.5 Å². The maximum absolute atomic E-state index is 13.9. The number of methoxy groups -OCH3 is 1. The molecule has 34 heavy (non-hydrogen) atoms. The van der Waals surface area contributed by atoms with E-state index in [4.69, 9.17) is 9.47 Å². The molecule has 2 saturated heterocycles. The zero-order chi connectivity index (χ0) is 24.0. The molecule has 2 aliphatic heterocycles. The van der Waals surface area contributed by atoms with Gasteiger partial charge in [0.15, 0.2) is 23.2 Å². The van der Waals surface area contributed by atoms with Gasteiger partial charge >= 0.3 is 0 Å². The molecule has 0 N–H and O–H groups in total. The number of morpholine rings is 1. The van der Waals surface area contributed by atoms with Crippen LogP contribution >= 0.6 is 0 Å².